The average Bonchev–Trinajstić information content (AvgIpc) is 3.28. The summed E-state index contributed by atoms with van der Waals surface area (Å²) in [7, 11) is 1.46. The second kappa shape index (κ2) is 9.40. The van der Waals surface area contributed by atoms with Crippen LogP contribution in [-0.2, 0) is 23.9 Å². The van der Waals surface area contributed by atoms with Crippen molar-refractivity contribution < 1.29 is 22.3 Å². The summed E-state index contributed by atoms with van der Waals surface area (Å²) < 4.78 is 61.1. The zero-order valence-corrected chi connectivity index (χ0v) is 20.0. The Morgan fingerprint density at radius 1 is 1.28 bits per heavy atom. The van der Waals surface area contributed by atoms with E-state index < -0.39 is 29.3 Å². The minimum absolute atomic E-state index is 0.0283. The number of H-pyrrole nitrogens is 1. The lowest BCUT2D eigenvalue weighted by Gasteiger charge is -2.31. The van der Waals surface area contributed by atoms with Crippen molar-refractivity contribution in [2.75, 3.05) is 30.0 Å². The van der Waals surface area contributed by atoms with Gasteiger partial charge in [0, 0.05) is 25.8 Å². The van der Waals surface area contributed by atoms with Gasteiger partial charge in [-0.25, -0.2) is 4.39 Å². The third-order valence-corrected chi connectivity index (χ3v) is 6.90. The monoisotopic (exact) mass is 526 g/mol. The number of benzene rings is 1. The second-order valence-electron chi connectivity index (χ2n) is 8.81. The van der Waals surface area contributed by atoms with E-state index in [0.29, 0.717) is 55.8 Å². The fourth-order valence-electron chi connectivity index (χ4n) is 4.70. The SMILES string of the molecule is CN(c1ccc(F)cc1C(F)(F)F)c1n[nH]c2c1CCN(c1cnn(C3CCCCO3)c(=O)c1Cl)C2. The zero-order chi connectivity index (χ0) is 25.6. The number of anilines is 3. The Balaban J connectivity index is 1.41. The summed E-state index contributed by atoms with van der Waals surface area (Å²) >= 11 is 6.44. The van der Waals surface area contributed by atoms with Crippen LogP contribution >= 0.6 is 11.6 Å². The molecule has 2 aromatic heterocycles. The summed E-state index contributed by atoms with van der Waals surface area (Å²) in [6.07, 6.45) is -0.650. The van der Waals surface area contributed by atoms with Crippen LogP contribution in [0.2, 0.25) is 5.02 Å². The predicted octanol–water partition coefficient (Wildman–Crippen LogP) is 4.81. The van der Waals surface area contributed by atoms with Crippen LogP contribution in [0.5, 0.6) is 0 Å². The number of nitrogens with zero attached hydrogens (tertiary/aromatic N) is 5. The molecule has 0 amide bonds. The van der Waals surface area contributed by atoms with Crippen molar-refractivity contribution in [2.24, 2.45) is 0 Å². The van der Waals surface area contributed by atoms with Gasteiger partial charge in [0.2, 0.25) is 0 Å². The van der Waals surface area contributed by atoms with E-state index in [9.17, 15) is 22.4 Å². The van der Waals surface area contributed by atoms with Crippen LogP contribution in [0.25, 0.3) is 0 Å². The van der Waals surface area contributed by atoms with Gasteiger partial charge in [-0.2, -0.15) is 28.1 Å². The summed E-state index contributed by atoms with van der Waals surface area (Å²) in [4.78, 5) is 16.0. The molecule has 0 bridgehead atoms. The highest BCUT2D eigenvalue weighted by molar-refractivity contribution is 6.33. The molecule has 0 aliphatic carbocycles. The summed E-state index contributed by atoms with van der Waals surface area (Å²) in [6, 6.07) is 2.55. The van der Waals surface area contributed by atoms with Gasteiger partial charge in [0.25, 0.3) is 5.56 Å². The highest BCUT2D eigenvalue weighted by atomic mass is 35.5. The Bertz CT molecular complexity index is 1340. The van der Waals surface area contributed by atoms with E-state index in [1.54, 1.807) is 0 Å². The maximum absolute atomic E-state index is 13.6. The maximum Gasteiger partial charge on any atom is 0.418 e. The van der Waals surface area contributed by atoms with Crippen LogP contribution in [0.3, 0.4) is 0 Å². The van der Waals surface area contributed by atoms with Gasteiger partial charge in [-0.3, -0.25) is 9.89 Å². The molecule has 1 saturated heterocycles. The fourth-order valence-corrected chi connectivity index (χ4v) is 4.96. The molecule has 192 valence electrons. The van der Waals surface area contributed by atoms with Crippen molar-refractivity contribution in [3.63, 3.8) is 0 Å². The molecule has 36 heavy (non-hydrogen) atoms. The molecule has 0 saturated carbocycles. The Morgan fingerprint density at radius 3 is 2.81 bits per heavy atom. The normalized spacial score (nSPS) is 18.3. The minimum Gasteiger partial charge on any atom is -0.363 e. The van der Waals surface area contributed by atoms with E-state index in [-0.39, 0.29) is 10.7 Å². The molecular weight excluding hydrogens is 504 g/mol. The standard InChI is InChI=1S/C23H23ClF4N6O2/c1-32(17-6-5-13(25)10-15(17)23(26,27)28)21-14-7-8-33(12-16(14)30-31-21)18-11-29-34(22(35)20(18)24)19-4-2-3-9-36-19/h5-6,10-11,19H,2-4,7-9,12H2,1H3,(H,30,31). The largest absolute Gasteiger partial charge is 0.418 e. The minimum atomic E-state index is -4.73. The third-order valence-electron chi connectivity index (χ3n) is 6.55. The highest BCUT2D eigenvalue weighted by Crippen LogP contribution is 2.40. The predicted molar refractivity (Wildman–Crippen MR) is 125 cm³/mol. The Hall–Kier alpha value is -3.12. The van der Waals surface area contributed by atoms with Gasteiger partial charge in [-0.15, -0.1) is 0 Å². The molecule has 1 N–H and O–H groups in total. The summed E-state index contributed by atoms with van der Waals surface area (Å²) in [5.74, 6) is -0.655. The van der Waals surface area contributed by atoms with Crippen LogP contribution in [0, 0.1) is 5.82 Å². The van der Waals surface area contributed by atoms with Crippen LogP contribution in [-0.4, -0.2) is 40.2 Å². The highest BCUT2D eigenvalue weighted by Gasteiger charge is 2.36. The molecule has 2 aliphatic rings. The lowest BCUT2D eigenvalue weighted by atomic mass is 10.0. The second-order valence-corrected chi connectivity index (χ2v) is 9.19. The first-order valence-electron chi connectivity index (χ1n) is 11.5. The summed E-state index contributed by atoms with van der Waals surface area (Å²) in [5, 5.41) is 11.5. The zero-order valence-electron chi connectivity index (χ0n) is 19.3. The Kier molecular flexibility index (Phi) is 6.41. The van der Waals surface area contributed by atoms with Gasteiger partial charge in [0.15, 0.2) is 12.0 Å². The summed E-state index contributed by atoms with van der Waals surface area (Å²) in [6.45, 7) is 1.30. The van der Waals surface area contributed by atoms with Crippen LogP contribution < -0.4 is 15.4 Å². The average molecular weight is 527 g/mol. The van der Waals surface area contributed by atoms with E-state index in [2.05, 4.69) is 15.3 Å². The maximum atomic E-state index is 13.6. The number of ether oxygens (including phenoxy) is 1. The Labute approximate surface area is 208 Å². The molecule has 1 aromatic carbocycles. The van der Waals surface area contributed by atoms with Crippen molar-refractivity contribution in [1.82, 2.24) is 20.0 Å². The van der Waals surface area contributed by atoms with Gasteiger partial charge in [0.1, 0.15) is 10.8 Å². The lowest BCUT2D eigenvalue weighted by molar-refractivity contribution is -0.137. The van der Waals surface area contributed by atoms with E-state index in [1.165, 1.54) is 22.8 Å². The molecular formula is C23H23ClF4N6O2. The molecule has 0 spiro atoms. The number of alkyl halides is 3. The first-order valence-corrected chi connectivity index (χ1v) is 11.8. The number of aromatic nitrogens is 4. The third kappa shape index (κ3) is 4.43. The van der Waals surface area contributed by atoms with Crippen LogP contribution in [0.4, 0.5) is 34.8 Å². The van der Waals surface area contributed by atoms with Crippen molar-refractivity contribution in [1.29, 1.82) is 0 Å². The number of nitrogens with one attached hydrogen (secondary N) is 1. The molecule has 0 radical (unpaired) electrons. The topological polar surface area (TPSA) is 79.3 Å². The van der Waals surface area contributed by atoms with Crippen molar-refractivity contribution in [3.05, 3.63) is 62.4 Å². The molecule has 3 aromatic rings. The first-order chi connectivity index (χ1) is 17.1. The lowest BCUT2D eigenvalue weighted by Crippen LogP contribution is -2.35. The number of fused-ring (bicyclic) bond motifs is 1. The number of rotatable bonds is 4. The number of halogens is 5. The molecule has 1 fully saturated rings. The van der Waals surface area contributed by atoms with E-state index in [4.69, 9.17) is 16.3 Å². The molecule has 5 rings (SSSR count). The first kappa shape index (κ1) is 24.6. The smallest absolute Gasteiger partial charge is 0.363 e. The van der Waals surface area contributed by atoms with Gasteiger partial charge in [-0.05, 0) is 43.9 Å². The van der Waals surface area contributed by atoms with Gasteiger partial charge in [-0.1, -0.05) is 11.6 Å². The molecule has 2 aliphatic heterocycles. The van der Waals surface area contributed by atoms with Crippen molar-refractivity contribution in [2.45, 2.75) is 44.6 Å². The quantitative estimate of drug-likeness (QED) is 0.492. The molecule has 1 unspecified atom stereocenters. The van der Waals surface area contributed by atoms with Crippen molar-refractivity contribution >= 4 is 28.8 Å². The fraction of sp³-hybridized carbons (Fsp3) is 0.435. The molecule has 1 atom stereocenters. The van der Waals surface area contributed by atoms with Gasteiger partial charge >= 0.3 is 6.18 Å². The van der Waals surface area contributed by atoms with Crippen LogP contribution in [0.15, 0.2) is 29.2 Å². The van der Waals surface area contributed by atoms with E-state index >= 15 is 0 Å². The molecule has 13 heteroatoms. The molecule has 4 heterocycles. The van der Waals surface area contributed by atoms with E-state index in [0.717, 1.165) is 30.5 Å². The van der Waals surface area contributed by atoms with Gasteiger partial charge < -0.3 is 14.5 Å². The Morgan fingerprint density at radius 2 is 2.08 bits per heavy atom. The molecule has 8 nitrogen and oxygen atoms in total. The summed E-state index contributed by atoms with van der Waals surface area (Å²) in [5.41, 5.74) is 0.143. The number of hydrogen-bond acceptors (Lipinski definition) is 6. The van der Waals surface area contributed by atoms with Crippen LogP contribution in [0.1, 0.15) is 42.3 Å². The number of hydrogen-bond donors (Lipinski definition) is 1. The van der Waals surface area contributed by atoms with Gasteiger partial charge in [0.05, 0.1) is 35.4 Å². The van der Waals surface area contributed by atoms with E-state index in [1.807, 2.05) is 4.90 Å². The van der Waals surface area contributed by atoms with Crippen molar-refractivity contribution in [3.8, 4) is 0 Å². The number of aromatic amines is 1.